The van der Waals surface area contributed by atoms with Crippen molar-refractivity contribution < 1.29 is 30.6 Å². The Hall–Kier alpha value is -0.500. The summed E-state index contributed by atoms with van der Waals surface area (Å²) in [5.41, 5.74) is 0.813. The van der Waals surface area contributed by atoms with Crippen LogP contribution in [0.25, 0.3) is 0 Å². The van der Waals surface area contributed by atoms with Gasteiger partial charge in [-0.2, -0.15) is 0 Å². The van der Waals surface area contributed by atoms with Gasteiger partial charge in [-0.05, 0) is 30.6 Å². The van der Waals surface area contributed by atoms with Crippen LogP contribution < -0.4 is 0 Å². The highest BCUT2D eigenvalue weighted by Gasteiger charge is 2.45. The molecule has 2 aliphatic carbocycles. The lowest BCUT2D eigenvalue weighted by atomic mass is 9.59. The van der Waals surface area contributed by atoms with Crippen LogP contribution in [0.3, 0.4) is 0 Å². The van der Waals surface area contributed by atoms with E-state index in [4.69, 9.17) is 0 Å². The summed E-state index contributed by atoms with van der Waals surface area (Å²) in [5, 5.41) is 58.9. The van der Waals surface area contributed by atoms with E-state index in [0.29, 0.717) is 19.3 Å². The Labute approximate surface area is 149 Å². The van der Waals surface area contributed by atoms with Crippen molar-refractivity contribution in [3.05, 3.63) is 11.6 Å². The molecule has 5 atom stereocenters. The molecule has 0 aromatic rings. The molecule has 0 amide bonds. The highest BCUT2D eigenvalue weighted by atomic mass is 16.3. The maximum Gasteiger partial charge on any atom is 0.0678 e. The summed E-state index contributed by atoms with van der Waals surface area (Å²) < 4.78 is 0. The predicted octanol–water partition coefficient (Wildman–Crippen LogP) is -0.0915. The molecule has 6 nitrogen and oxygen atoms in total. The Kier molecular flexibility index (Phi) is 7.04. The second-order valence-corrected chi connectivity index (χ2v) is 8.44. The van der Waals surface area contributed by atoms with Crippen LogP contribution in [0.15, 0.2) is 11.6 Å². The monoisotopic (exact) mass is 358 g/mol. The normalized spacial score (nSPS) is 40.0. The standard InChI is InChI=1S/C19H34O6/c1-19(2,15-3-11(7-20)17(24)12(4-15)8-21)16-5-13(9-22)18(25)14(6-16)10-23/h3,11-14,16-18,20-25H,4-10H2,1-2H3/t11?,12-,13?,14?,16?,17?,18?/m1/s1. The lowest BCUT2D eigenvalue weighted by molar-refractivity contribution is -0.0619. The summed E-state index contributed by atoms with van der Waals surface area (Å²) in [4.78, 5) is 0. The van der Waals surface area contributed by atoms with E-state index >= 15 is 0 Å². The largest absolute Gasteiger partial charge is 0.396 e. The Morgan fingerprint density at radius 3 is 1.80 bits per heavy atom. The number of rotatable bonds is 6. The molecule has 25 heavy (non-hydrogen) atoms. The number of hydrogen-bond acceptors (Lipinski definition) is 6. The minimum atomic E-state index is -0.752. The first-order valence-corrected chi connectivity index (χ1v) is 9.30. The quantitative estimate of drug-likeness (QED) is 0.369. The first-order chi connectivity index (χ1) is 11.8. The SMILES string of the molecule is CC(C)(C1=CC(CO)C(O)[C@@H](CO)C1)C1CC(CO)C(O)C(CO)C1. The van der Waals surface area contributed by atoms with Gasteiger partial charge in [0.15, 0.2) is 0 Å². The average molecular weight is 358 g/mol. The van der Waals surface area contributed by atoms with Crippen molar-refractivity contribution in [3.63, 3.8) is 0 Å². The second kappa shape index (κ2) is 8.46. The number of aliphatic hydroxyl groups is 6. The lowest BCUT2D eigenvalue weighted by Gasteiger charge is -2.48. The third-order valence-corrected chi connectivity index (χ3v) is 6.72. The highest BCUT2D eigenvalue weighted by Crippen LogP contribution is 2.50. The van der Waals surface area contributed by atoms with Crippen molar-refractivity contribution >= 4 is 0 Å². The van der Waals surface area contributed by atoms with Gasteiger partial charge in [-0.1, -0.05) is 25.5 Å². The van der Waals surface area contributed by atoms with E-state index in [0.717, 1.165) is 5.57 Å². The number of hydrogen-bond donors (Lipinski definition) is 6. The molecule has 2 rings (SSSR count). The summed E-state index contributed by atoms with van der Waals surface area (Å²) >= 11 is 0. The molecule has 146 valence electrons. The fourth-order valence-electron chi connectivity index (χ4n) is 4.70. The van der Waals surface area contributed by atoms with Crippen LogP contribution >= 0.6 is 0 Å². The van der Waals surface area contributed by atoms with Crippen LogP contribution in [0, 0.1) is 35.0 Å². The zero-order valence-corrected chi connectivity index (χ0v) is 15.3. The summed E-state index contributed by atoms with van der Waals surface area (Å²) in [7, 11) is 0. The molecular formula is C19H34O6. The zero-order valence-electron chi connectivity index (χ0n) is 15.3. The lowest BCUT2D eigenvalue weighted by Crippen LogP contribution is -2.46. The van der Waals surface area contributed by atoms with Crippen LogP contribution in [0.1, 0.15) is 33.1 Å². The third kappa shape index (κ3) is 4.10. The van der Waals surface area contributed by atoms with E-state index in [1.165, 1.54) is 0 Å². The van der Waals surface area contributed by atoms with Crippen molar-refractivity contribution in [1.29, 1.82) is 0 Å². The van der Waals surface area contributed by atoms with Crippen molar-refractivity contribution in [2.24, 2.45) is 35.0 Å². The summed E-state index contributed by atoms with van der Waals surface area (Å²) in [5.74, 6) is -1.05. The number of allylic oxidation sites excluding steroid dienone is 1. The minimum absolute atomic E-state index is 0.111. The van der Waals surface area contributed by atoms with Gasteiger partial charge in [0.05, 0.1) is 18.8 Å². The second-order valence-electron chi connectivity index (χ2n) is 8.44. The van der Waals surface area contributed by atoms with Crippen molar-refractivity contribution in [3.8, 4) is 0 Å². The van der Waals surface area contributed by atoms with Crippen LogP contribution in [-0.4, -0.2) is 69.3 Å². The highest BCUT2D eigenvalue weighted by molar-refractivity contribution is 5.21. The Balaban J connectivity index is 2.27. The zero-order chi connectivity index (χ0) is 18.8. The molecule has 4 unspecified atom stereocenters. The van der Waals surface area contributed by atoms with E-state index < -0.39 is 18.1 Å². The van der Waals surface area contributed by atoms with E-state index in [9.17, 15) is 30.6 Å². The Morgan fingerprint density at radius 2 is 1.36 bits per heavy atom. The summed E-state index contributed by atoms with van der Waals surface area (Å²) in [6.07, 6.45) is 2.37. The van der Waals surface area contributed by atoms with Crippen LogP contribution in [-0.2, 0) is 0 Å². The van der Waals surface area contributed by atoms with Gasteiger partial charge in [0.2, 0.25) is 0 Å². The van der Waals surface area contributed by atoms with Crippen LogP contribution in [0.5, 0.6) is 0 Å². The van der Waals surface area contributed by atoms with Gasteiger partial charge >= 0.3 is 0 Å². The molecule has 1 fully saturated rings. The molecule has 2 aliphatic rings. The van der Waals surface area contributed by atoms with E-state index in [1.54, 1.807) is 0 Å². The van der Waals surface area contributed by atoms with E-state index in [2.05, 4.69) is 13.8 Å². The van der Waals surface area contributed by atoms with E-state index in [1.807, 2.05) is 6.08 Å². The van der Waals surface area contributed by atoms with Crippen molar-refractivity contribution in [1.82, 2.24) is 0 Å². The van der Waals surface area contributed by atoms with Gasteiger partial charge in [-0.25, -0.2) is 0 Å². The molecule has 0 saturated heterocycles. The van der Waals surface area contributed by atoms with E-state index in [-0.39, 0.29) is 55.5 Å². The van der Waals surface area contributed by atoms with Crippen LogP contribution in [0.2, 0.25) is 0 Å². The van der Waals surface area contributed by atoms with Gasteiger partial charge in [-0.15, -0.1) is 0 Å². The number of aliphatic hydroxyl groups excluding tert-OH is 6. The topological polar surface area (TPSA) is 121 Å². The van der Waals surface area contributed by atoms with Gasteiger partial charge in [-0.3, -0.25) is 0 Å². The van der Waals surface area contributed by atoms with Gasteiger partial charge < -0.3 is 30.6 Å². The average Bonchev–Trinajstić information content (AvgIpc) is 2.61. The first-order valence-electron chi connectivity index (χ1n) is 9.30. The van der Waals surface area contributed by atoms with Gasteiger partial charge in [0, 0.05) is 43.5 Å². The fourth-order valence-corrected chi connectivity index (χ4v) is 4.70. The molecule has 1 saturated carbocycles. The Morgan fingerprint density at radius 1 is 0.840 bits per heavy atom. The maximum atomic E-state index is 10.3. The molecule has 0 aromatic heterocycles. The molecule has 0 spiro atoms. The molecule has 6 N–H and O–H groups in total. The van der Waals surface area contributed by atoms with Crippen LogP contribution in [0.4, 0.5) is 0 Å². The third-order valence-electron chi connectivity index (χ3n) is 6.72. The molecule has 6 heteroatoms. The Bertz CT molecular complexity index is 449. The fraction of sp³-hybridized carbons (Fsp3) is 0.895. The predicted molar refractivity (Wildman–Crippen MR) is 93.5 cm³/mol. The maximum absolute atomic E-state index is 10.3. The summed E-state index contributed by atoms with van der Waals surface area (Å²) in [6, 6.07) is 0. The first kappa shape index (κ1) is 20.8. The minimum Gasteiger partial charge on any atom is -0.396 e. The molecule has 0 aliphatic heterocycles. The molecule has 0 heterocycles. The van der Waals surface area contributed by atoms with Crippen molar-refractivity contribution in [2.75, 3.05) is 26.4 Å². The molecule has 0 aromatic carbocycles. The van der Waals surface area contributed by atoms with Gasteiger partial charge in [0.25, 0.3) is 0 Å². The van der Waals surface area contributed by atoms with Gasteiger partial charge in [0.1, 0.15) is 0 Å². The smallest absolute Gasteiger partial charge is 0.0678 e. The molecular weight excluding hydrogens is 324 g/mol. The molecule has 0 bridgehead atoms. The van der Waals surface area contributed by atoms with Crippen molar-refractivity contribution in [2.45, 2.75) is 45.3 Å². The molecule has 0 radical (unpaired) electrons. The summed E-state index contributed by atoms with van der Waals surface area (Å²) in [6.45, 7) is 3.68.